The van der Waals surface area contributed by atoms with E-state index in [4.69, 9.17) is 16.0 Å². The van der Waals surface area contributed by atoms with Crippen molar-refractivity contribution < 1.29 is 14.3 Å². The molecule has 1 N–H and O–H groups in total. The molecule has 0 bridgehead atoms. The molecule has 0 aliphatic rings. The minimum Gasteiger partial charge on any atom is -0.478 e. The Balaban J connectivity index is 1.86. The van der Waals surface area contributed by atoms with Crippen molar-refractivity contribution in [2.75, 3.05) is 0 Å². The Labute approximate surface area is 162 Å². The predicted molar refractivity (Wildman–Crippen MR) is 105 cm³/mol. The number of furan rings is 1. The van der Waals surface area contributed by atoms with Gasteiger partial charge in [0, 0.05) is 15.4 Å². The van der Waals surface area contributed by atoms with Crippen molar-refractivity contribution in [3.05, 3.63) is 75.7 Å². The zero-order chi connectivity index (χ0) is 18.3. The molecule has 0 unspecified atom stereocenters. The van der Waals surface area contributed by atoms with Crippen LogP contribution in [0, 0.1) is 0 Å². The molecule has 2 heterocycles. The normalized spacial score (nSPS) is 11.0. The lowest BCUT2D eigenvalue weighted by Gasteiger charge is -2.06. The molecule has 26 heavy (non-hydrogen) atoms. The number of carboxylic acid groups (broad SMARTS) is 1. The first-order chi connectivity index (χ1) is 12.5. The molecule has 4 aromatic rings. The smallest absolute Gasteiger partial charge is 0.336 e. The van der Waals surface area contributed by atoms with E-state index in [0.29, 0.717) is 33.1 Å². The lowest BCUT2D eigenvalue weighted by molar-refractivity contribution is 0.0699. The molecule has 0 saturated carbocycles. The summed E-state index contributed by atoms with van der Waals surface area (Å²) in [5.74, 6) is 0.0575. The third kappa shape index (κ3) is 3.00. The van der Waals surface area contributed by atoms with Crippen LogP contribution in [0.15, 0.2) is 69.6 Å². The molecule has 6 heteroatoms. The highest BCUT2D eigenvalue weighted by molar-refractivity contribution is 9.10. The standard InChI is InChI=1S/C20H11BrClNO3/c21-11-5-6-16-13(9-11)14(20(24)25)10-17(23-16)19-8-7-18(26-19)12-3-1-2-4-15(12)22/h1-10H,(H,24,25). The highest BCUT2D eigenvalue weighted by Gasteiger charge is 2.16. The summed E-state index contributed by atoms with van der Waals surface area (Å²) < 4.78 is 6.69. The molecule has 2 aromatic carbocycles. The number of halogens is 2. The molecular formula is C20H11BrClNO3. The van der Waals surface area contributed by atoms with Crippen LogP contribution < -0.4 is 0 Å². The molecule has 0 amide bonds. The second-order valence-electron chi connectivity index (χ2n) is 5.67. The fourth-order valence-corrected chi connectivity index (χ4v) is 3.37. The first-order valence-corrected chi connectivity index (χ1v) is 8.89. The largest absolute Gasteiger partial charge is 0.478 e. The monoisotopic (exact) mass is 427 g/mol. The van der Waals surface area contributed by atoms with E-state index in [0.717, 1.165) is 10.0 Å². The molecule has 0 aliphatic carbocycles. The SMILES string of the molecule is O=C(O)c1cc(-c2ccc(-c3ccccc3Cl)o2)nc2ccc(Br)cc12. The van der Waals surface area contributed by atoms with Crippen LogP contribution in [0.1, 0.15) is 10.4 Å². The number of carbonyl (C=O) groups is 1. The van der Waals surface area contributed by atoms with E-state index in [2.05, 4.69) is 20.9 Å². The number of hydrogen-bond donors (Lipinski definition) is 1. The van der Waals surface area contributed by atoms with Gasteiger partial charge in [-0.25, -0.2) is 9.78 Å². The second kappa shape index (κ2) is 6.59. The van der Waals surface area contributed by atoms with Gasteiger partial charge in [-0.1, -0.05) is 39.7 Å². The number of nitrogens with zero attached hydrogens (tertiary/aromatic N) is 1. The van der Waals surface area contributed by atoms with Crippen molar-refractivity contribution >= 4 is 44.4 Å². The fourth-order valence-electron chi connectivity index (χ4n) is 2.78. The van der Waals surface area contributed by atoms with Gasteiger partial charge in [0.25, 0.3) is 0 Å². The average molecular weight is 429 g/mol. The molecular weight excluding hydrogens is 418 g/mol. The van der Waals surface area contributed by atoms with E-state index in [1.807, 2.05) is 24.3 Å². The van der Waals surface area contributed by atoms with Crippen LogP contribution in [0.3, 0.4) is 0 Å². The Kier molecular flexibility index (Phi) is 4.26. The van der Waals surface area contributed by atoms with E-state index >= 15 is 0 Å². The van der Waals surface area contributed by atoms with Gasteiger partial charge >= 0.3 is 5.97 Å². The van der Waals surface area contributed by atoms with Crippen LogP contribution in [-0.4, -0.2) is 16.1 Å². The Morgan fingerprint density at radius 1 is 1.04 bits per heavy atom. The number of fused-ring (bicyclic) bond motifs is 1. The van der Waals surface area contributed by atoms with Crippen molar-refractivity contribution in [2.24, 2.45) is 0 Å². The molecule has 0 saturated heterocycles. The summed E-state index contributed by atoms with van der Waals surface area (Å²) in [6.07, 6.45) is 0. The van der Waals surface area contributed by atoms with Gasteiger partial charge in [0.15, 0.2) is 5.76 Å². The number of benzene rings is 2. The van der Waals surface area contributed by atoms with Crippen molar-refractivity contribution in [2.45, 2.75) is 0 Å². The third-order valence-corrected chi connectivity index (χ3v) is 4.82. The van der Waals surface area contributed by atoms with Crippen LogP contribution in [0.2, 0.25) is 5.02 Å². The average Bonchev–Trinajstić information content (AvgIpc) is 3.11. The first-order valence-electron chi connectivity index (χ1n) is 7.71. The number of rotatable bonds is 3. The van der Waals surface area contributed by atoms with Gasteiger partial charge in [-0.3, -0.25) is 0 Å². The van der Waals surface area contributed by atoms with Crippen molar-refractivity contribution in [3.8, 4) is 22.8 Å². The molecule has 0 radical (unpaired) electrons. The van der Waals surface area contributed by atoms with Crippen molar-refractivity contribution in [1.29, 1.82) is 0 Å². The van der Waals surface area contributed by atoms with Gasteiger partial charge in [-0.2, -0.15) is 0 Å². The number of carboxylic acids is 1. The fraction of sp³-hybridized carbons (Fsp3) is 0. The maximum Gasteiger partial charge on any atom is 0.336 e. The van der Waals surface area contributed by atoms with Gasteiger partial charge < -0.3 is 9.52 Å². The lowest BCUT2D eigenvalue weighted by Crippen LogP contribution is -2.00. The van der Waals surface area contributed by atoms with E-state index < -0.39 is 5.97 Å². The van der Waals surface area contributed by atoms with Crippen LogP contribution in [0.4, 0.5) is 0 Å². The van der Waals surface area contributed by atoms with Gasteiger partial charge in [0.2, 0.25) is 0 Å². The van der Waals surface area contributed by atoms with Crippen LogP contribution in [0.25, 0.3) is 33.7 Å². The first kappa shape index (κ1) is 16.8. The molecule has 2 aromatic heterocycles. The molecule has 0 fully saturated rings. The molecule has 128 valence electrons. The zero-order valence-corrected chi connectivity index (χ0v) is 15.6. The maximum atomic E-state index is 11.7. The third-order valence-electron chi connectivity index (χ3n) is 4.00. The number of hydrogen-bond acceptors (Lipinski definition) is 3. The molecule has 0 atom stereocenters. The minimum absolute atomic E-state index is 0.169. The predicted octanol–water partition coefficient (Wildman–Crippen LogP) is 6.28. The van der Waals surface area contributed by atoms with E-state index in [9.17, 15) is 9.90 Å². The van der Waals surface area contributed by atoms with E-state index in [1.54, 1.807) is 30.3 Å². The molecule has 4 rings (SSSR count). The molecule has 0 aliphatic heterocycles. The highest BCUT2D eigenvalue weighted by Crippen LogP contribution is 2.33. The van der Waals surface area contributed by atoms with Crippen LogP contribution in [-0.2, 0) is 0 Å². The summed E-state index contributed by atoms with van der Waals surface area (Å²) >= 11 is 9.58. The van der Waals surface area contributed by atoms with Crippen molar-refractivity contribution in [3.63, 3.8) is 0 Å². The summed E-state index contributed by atoms with van der Waals surface area (Å²) in [7, 11) is 0. The minimum atomic E-state index is -1.02. The Morgan fingerprint density at radius 3 is 2.58 bits per heavy atom. The molecule has 0 spiro atoms. The van der Waals surface area contributed by atoms with Gasteiger partial charge in [-0.15, -0.1) is 0 Å². The highest BCUT2D eigenvalue weighted by atomic mass is 79.9. The van der Waals surface area contributed by atoms with Crippen molar-refractivity contribution in [1.82, 2.24) is 4.98 Å². The summed E-state index contributed by atoms with van der Waals surface area (Å²) in [6.45, 7) is 0. The lowest BCUT2D eigenvalue weighted by atomic mass is 10.1. The van der Waals surface area contributed by atoms with Crippen LogP contribution >= 0.6 is 27.5 Å². The van der Waals surface area contributed by atoms with E-state index in [1.165, 1.54) is 6.07 Å². The maximum absolute atomic E-state index is 11.7. The summed E-state index contributed by atoms with van der Waals surface area (Å²) in [5.41, 5.74) is 1.97. The van der Waals surface area contributed by atoms with Crippen LogP contribution in [0.5, 0.6) is 0 Å². The zero-order valence-electron chi connectivity index (χ0n) is 13.2. The summed E-state index contributed by atoms with van der Waals surface area (Å²) in [4.78, 5) is 16.2. The number of aromatic nitrogens is 1. The quantitative estimate of drug-likeness (QED) is 0.417. The van der Waals surface area contributed by atoms with E-state index in [-0.39, 0.29) is 5.56 Å². The Hall–Kier alpha value is -2.63. The number of aromatic carboxylic acids is 1. The number of pyridine rings is 1. The Bertz CT molecular complexity index is 1150. The van der Waals surface area contributed by atoms with Gasteiger partial charge in [0.1, 0.15) is 11.5 Å². The molecule has 4 nitrogen and oxygen atoms in total. The second-order valence-corrected chi connectivity index (χ2v) is 6.99. The Morgan fingerprint density at radius 2 is 1.81 bits per heavy atom. The van der Waals surface area contributed by atoms with Gasteiger partial charge in [-0.05, 0) is 48.5 Å². The topological polar surface area (TPSA) is 63.3 Å². The summed E-state index contributed by atoms with van der Waals surface area (Å²) in [5, 5.41) is 10.7. The summed E-state index contributed by atoms with van der Waals surface area (Å²) in [6, 6.07) is 17.8. The van der Waals surface area contributed by atoms with Gasteiger partial charge in [0.05, 0.1) is 16.1 Å².